The summed E-state index contributed by atoms with van der Waals surface area (Å²) in [7, 11) is 0. The van der Waals surface area contributed by atoms with E-state index in [0.29, 0.717) is 18.7 Å². The number of nitrogens with zero attached hydrogens (tertiary/aromatic N) is 1. The maximum Gasteiger partial charge on any atom is 0.335 e. The van der Waals surface area contributed by atoms with Gasteiger partial charge in [0, 0.05) is 18.7 Å². The molecule has 1 aromatic carbocycles. The van der Waals surface area contributed by atoms with Gasteiger partial charge in [-0.1, -0.05) is 6.07 Å². The van der Waals surface area contributed by atoms with Gasteiger partial charge in [0.2, 0.25) is 0 Å². The number of rotatable bonds is 5. The van der Waals surface area contributed by atoms with Crippen LogP contribution < -0.4 is 0 Å². The Balaban J connectivity index is 2.47. The lowest BCUT2D eigenvalue weighted by Crippen LogP contribution is -2.31. The van der Waals surface area contributed by atoms with Gasteiger partial charge in [-0.05, 0) is 50.3 Å². The van der Waals surface area contributed by atoms with Crippen molar-refractivity contribution in [2.45, 2.75) is 32.6 Å². The molecule has 1 aliphatic rings. The van der Waals surface area contributed by atoms with Crippen molar-refractivity contribution in [2.75, 3.05) is 13.1 Å². The molecule has 1 saturated carbocycles. The van der Waals surface area contributed by atoms with Gasteiger partial charge in [0.05, 0.1) is 5.56 Å². The lowest BCUT2D eigenvalue weighted by Gasteiger charge is -2.21. The molecule has 102 valence electrons. The molecule has 1 aliphatic carbocycles. The summed E-state index contributed by atoms with van der Waals surface area (Å²) in [5.74, 6) is -0.770. The minimum atomic E-state index is -0.948. The number of carboxylic acid groups (broad SMARTS) is 1. The predicted molar refractivity (Wildman–Crippen MR) is 72.6 cm³/mol. The van der Waals surface area contributed by atoms with Crippen LogP contribution >= 0.6 is 0 Å². The van der Waals surface area contributed by atoms with Crippen molar-refractivity contribution in [3.63, 3.8) is 0 Å². The van der Waals surface area contributed by atoms with Crippen LogP contribution in [-0.4, -0.2) is 35.0 Å². The number of aromatic carboxylic acids is 1. The number of amides is 1. The van der Waals surface area contributed by atoms with Crippen LogP contribution in [0.1, 0.15) is 58.9 Å². The summed E-state index contributed by atoms with van der Waals surface area (Å²) < 4.78 is 0. The molecule has 2 rings (SSSR count). The molecule has 1 fully saturated rings. The van der Waals surface area contributed by atoms with Crippen molar-refractivity contribution in [1.82, 2.24) is 4.90 Å². The smallest absolute Gasteiger partial charge is 0.335 e. The van der Waals surface area contributed by atoms with E-state index in [2.05, 4.69) is 0 Å². The summed E-state index contributed by atoms with van der Waals surface area (Å²) in [5.41, 5.74) is 1.57. The fourth-order valence-corrected chi connectivity index (χ4v) is 2.43. The molecule has 0 atom stereocenters. The SMILES string of the molecule is CCN(CC)C(=O)c1cccc(C(=O)O)c1C1CC1. The van der Waals surface area contributed by atoms with Gasteiger partial charge in [0.1, 0.15) is 0 Å². The zero-order valence-electron chi connectivity index (χ0n) is 11.3. The third-order valence-electron chi connectivity index (χ3n) is 3.60. The highest BCUT2D eigenvalue weighted by Crippen LogP contribution is 2.43. The van der Waals surface area contributed by atoms with Gasteiger partial charge in [0.25, 0.3) is 5.91 Å². The van der Waals surface area contributed by atoms with Crippen LogP contribution in [0.2, 0.25) is 0 Å². The van der Waals surface area contributed by atoms with Gasteiger partial charge in [-0.2, -0.15) is 0 Å². The van der Waals surface area contributed by atoms with Crippen molar-refractivity contribution in [1.29, 1.82) is 0 Å². The van der Waals surface area contributed by atoms with E-state index in [1.807, 2.05) is 13.8 Å². The molecule has 1 amide bonds. The van der Waals surface area contributed by atoms with Crippen LogP contribution in [0.25, 0.3) is 0 Å². The molecule has 0 radical (unpaired) electrons. The first-order valence-corrected chi connectivity index (χ1v) is 6.75. The summed E-state index contributed by atoms with van der Waals surface area (Å²) in [5, 5.41) is 9.28. The number of benzene rings is 1. The van der Waals surface area contributed by atoms with Crippen LogP contribution in [0.3, 0.4) is 0 Å². The molecule has 19 heavy (non-hydrogen) atoms. The second-order valence-corrected chi connectivity index (χ2v) is 4.82. The van der Waals surface area contributed by atoms with Gasteiger partial charge >= 0.3 is 5.97 Å². The highest BCUT2D eigenvalue weighted by atomic mass is 16.4. The second kappa shape index (κ2) is 5.43. The summed E-state index contributed by atoms with van der Waals surface area (Å²) in [6, 6.07) is 5.00. The van der Waals surface area contributed by atoms with Crippen LogP contribution in [-0.2, 0) is 0 Å². The third kappa shape index (κ3) is 2.62. The van der Waals surface area contributed by atoms with Gasteiger partial charge in [0.15, 0.2) is 0 Å². The summed E-state index contributed by atoms with van der Waals surface area (Å²) in [6.07, 6.45) is 1.95. The summed E-state index contributed by atoms with van der Waals surface area (Å²) in [4.78, 5) is 25.5. The van der Waals surface area contributed by atoms with Crippen LogP contribution in [0.4, 0.5) is 0 Å². The zero-order valence-corrected chi connectivity index (χ0v) is 11.3. The molecule has 0 aliphatic heterocycles. The van der Waals surface area contributed by atoms with Gasteiger partial charge in [-0.3, -0.25) is 4.79 Å². The van der Waals surface area contributed by atoms with Crippen molar-refractivity contribution in [3.8, 4) is 0 Å². The monoisotopic (exact) mass is 261 g/mol. The number of hydrogen-bond acceptors (Lipinski definition) is 2. The Labute approximate surface area is 113 Å². The average molecular weight is 261 g/mol. The Kier molecular flexibility index (Phi) is 3.88. The average Bonchev–Trinajstić information content (AvgIpc) is 3.23. The first-order valence-electron chi connectivity index (χ1n) is 6.75. The molecular formula is C15H19NO3. The Morgan fingerprint density at radius 3 is 2.26 bits per heavy atom. The fourth-order valence-electron chi connectivity index (χ4n) is 2.43. The van der Waals surface area contributed by atoms with Gasteiger partial charge in [-0.15, -0.1) is 0 Å². The van der Waals surface area contributed by atoms with E-state index in [1.54, 1.807) is 23.1 Å². The third-order valence-corrected chi connectivity index (χ3v) is 3.60. The molecule has 1 aromatic rings. The van der Waals surface area contributed by atoms with Crippen molar-refractivity contribution >= 4 is 11.9 Å². The summed E-state index contributed by atoms with van der Waals surface area (Å²) in [6.45, 7) is 5.13. The van der Waals surface area contributed by atoms with E-state index in [9.17, 15) is 14.7 Å². The van der Waals surface area contributed by atoms with Crippen LogP contribution in [0.15, 0.2) is 18.2 Å². The molecule has 1 N–H and O–H groups in total. The highest BCUT2D eigenvalue weighted by Gasteiger charge is 2.33. The number of hydrogen-bond donors (Lipinski definition) is 1. The number of carbonyl (C=O) groups excluding carboxylic acids is 1. The number of carbonyl (C=O) groups is 2. The molecule has 0 heterocycles. The normalized spacial score (nSPS) is 14.2. The minimum Gasteiger partial charge on any atom is -0.478 e. The van der Waals surface area contributed by atoms with E-state index < -0.39 is 5.97 Å². The predicted octanol–water partition coefficient (Wildman–Crippen LogP) is 2.74. The molecular weight excluding hydrogens is 242 g/mol. The standard InChI is InChI=1S/C15H19NO3/c1-3-16(4-2)14(17)11-6-5-7-12(15(18)19)13(11)10-8-9-10/h5-7,10H,3-4,8-9H2,1-2H3,(H,18,19). The largest absolute Gasteiger partial charge is 0.478 e. The fraction of sp³-hybridized carbons (Fsp3) is 0.467. The first kappa shape index (κ1) is 13.6. The van der Waals surface area contributed by atoms with E-state index in [1.165, 1.54) is 0 Å². The molecule has 0 bridgehead atoms. The molecule has 0 spiro atoms. The van der Waals surface area contributed by atoms with E-state index >= 15 is 0 Å². The first-order chi connectivity index (χ1) is 9.10. The van der Waals surface area contributed by atoms with Gasteiger partial charge in [-0.25, -0.2) is 4.79 Å². The topological polar surface area (TPSA) is 57.6 Å². The maximum atomic E-state index is 12.5. The maximum absolute atomic E-state index is 12.5. The lowest BCUT2D eigenvalue weighted by molar-refractivity contribution is 0.0695. The molecule has 0 saturated heterocycles. The Bertz CT molecular complexity index is 502. The minimum absolute atomic E-state index is 0.0602. The quantitative estimate of drug-likeness (QED) is 0.886. The highest BCUT2D eigenvalue weighted by molar-refractivity contribution is 6.00. The van der Waals surface area contributed by atoms with Gasteiger partial charge < -0.3 is 10.0 Å². The lowest BCUT2D eigenvalue weighted by atomic mass is 9.96. The molecule has 4 nitrogen and oxygen atoms in total. The Hall–Kier alpha value is -1.84. The van der Waals surface area contributed by atoms with E-state index in [4.69, 9.17) is 0 Å². The zero-order chi connectivity index (χ0) is 14.0. The molecule has 0 aromatic heterocycles. The van der Waals surface area contributed by atoms with Crippen molar-refractivity contribution in [3.05, 3.63) is 34.9 Å². The van der Waals surface area contributed by atoms with Crippen LogP contribution in [0, 0.1) is 0 Å². The van der Waals surface area contributed by atoms with Crippen molar-refractivity contribution in [2.24, 2.45) is 0 Å². The Morgan fingerprint density at radius 1 is 1.21 bits per heavy atom. The number of carboxylic acids is 1. The van der Waals surface area contributed by atoms with Crippen molar-refractivity contribution < 1.29 is 14.7 Å². The second-order valence-electron chi connectivity index (χ2n) is 4.82. The molecule has 0 unspecified atom stereocenters. The van der Waals surface area contributed by atoms with E-state index in [-0.39, 0.29) is 17.4 Å². The van der Waals surface area contributed by atoms with E-state index in [0.717, 1.165) is 18.4 Å². The molecule has 4 heteroatoms. The summed E-state index contributed by atoms with van der Waals surface area (Å²) >= 11 is 0. The van der Waals surface area contributed by atoms with Crippen LogP contribution in [0.5, 0.6) is 0 Å². The Morgan fingerprint density at radius 2 is 1.79 bits per heavy atom.